The lowest BCUT2D eigenvalue weighted by molar-refractivity contribution is 0.979. The van der Waals surface area contributed by atoms with Crippen LogP contribution in [0.3, 0.4) is 0 Å². The number of aromatic nitrogens is 4. The van der Waals surface area contributed by atoms with Gasteiger partial charge in [0.25, 0.3) is 0 Å². The molecule has 0 saturated carbocycles. The smallest absolute Gasteiger partial charge is 0.221 e. The summed E-state index contributed by atoms with van der Waals surface area (Å²) in [6.45, 7) is 0. The third-order valence-corrected chi connectivity index (χ3v) is 11.1. The van der Waals surface area contributed by atoms with Gasteiger partial charge in [0.2, 0.25) is 5.95 Å². The molecule has 49 heavy (non-hydrogen) atoms. The lowest BCUT2D eigenvalue weighted by Crippen LogP contribution is -2.06. The van der Waals surface area contributed by atoms with Crippen LogP contribution in [0.1, 0.15) is 0 Å². The molecule has 0 bridgehead atoms. The van der Waals surface area contributed by atoms with Gasteiger partial charge in [-0.05, 0) is 76.9 Å². The van der Waals surface area contributed by atoms with Gasteiger partial charge in [-0.3, -0.25) is 8.97 Å². The Labute approximate surface area is 284 Å². The van der Waals surface area contributed by atoms with Gasteiger partial charge < -0.3 is 0 Å². The van der Waals surface area contributed by atoms with E-state index in [9.17, 15) is 0 Å². The van der Waals surface area contributed by atoms with E-state index in [-0.39, 0.29) is 0 Å². The van der Waals surface area contributed by atoms with E-state index < -0.39 is 0 Å². The van der Waals surface area contributed by atoms with Crippen LogP contribution >= 0.6 is 11.3 Å². The topological polar surface area (TPSA) is 35.1 Å². The Morgan fingerprint density at radius 2 is 0.980 bits per heavy atom. The van der Waals surface area contributed by atoms with Gasteiger partial charge in [0.1, 0.15) is 5.65 Å². The fraction of sp³-hybridized carbons (Fsp3) is 0. The molecule has 0 fully saturated rings. The number of para-hydroxylation sites is 4. The lowest BCUT2D eigenvalue weighted by Gasteiger charge is -2.13. The maximum absolute atomic E-state index is 5.34. The van der Waals surface area contributed by atoms with Crippen molar-refractivity contribution in [2.75, 3.05) is 0 Å². The van der Waals surface area contributed by atoms with Gasteiger partial charge in [-0.2, -0.15) is 0 Å². The second-order valence-corrected chi connectivity index (χ2v) is 13.7. The van der Waals surface area contributed by atoms with Crippen molar-refractivity contribution >= 4 is 80.9 Å². The number of benzene rings is 7. The molecule has 0 N–H and O–H groups in total. The number of hydrogen-bond donors (Lipinski definition) is 0. The number of thiophene rings is 1. The van der Waals surface area contributed by atoms with Gasteiger partial charge in [-0.25, -0.2) is 9.97 Å². The fourth-order valence-electron chi connectivity index (χ4n) is 7.60. The quantitative estimate of drug-likeness (QED) is 0.192. The predicted octanol–water partition coefficient (Wildman–Crippen LogP) is 11.8. The first kappa shape index (κ1) is 26.7. The van der Waals surface area contributed by atoms with Crippen LogP contribution < -0.4 is 0 Å². The highest BCUT2D eigenvalue weighted by molar-refractivity contribution is 7.25. The summed E-state index contributed by atoms with van der Waals surface area (Å²) >= 11 is 1.86. The number of imidazole rings is 1. The highest BCUT2D eigenvalue weighted by Gasteiger charge is 2.20. The summed E-state index contributed by atoms with van der Waals surface area (Å²) in [6.07, 6.45) is 0. The summed E-state index contributed by atoms with van der Waals surface area (Å²) in [5, 5.41) is 6.08. The Balaban J connectivity index is 1.11. The molecule has 0 aliphatic heterocycles. The second kappa shape index (κ2) is 10.1. The van der Waals surface area contributed by atoms with E-state index in [1.54, 1.807) is 0 Å². The first-order valence-corrected chi connectivity index (χ1v) is 17.3. The summed E-state index contributed by atoms with van der Waals surface area (Å²) in [4.78, 5) is 10.5. The Morgan fingerprint density at radius 3 is 1.82 bits per heavy atom. The van der Waals surface area contributed by atoms with Gasteiger partial charge in [0.15, 0.2) is 0 Å². The SMILES string of the molecule is c1ccc2c(c1)nc(-n1c3ccccc3c3ccc(-c4ccc(-c5ccc6sc7ccccc7c6c5)cc4)cc31)n1c3ccccc3nc21. The van der Waals surface area contributed by atoms with E-state index in [1.165, 1.54) is 47.6 Å². The van der Waals surface area contributed by atoms with E-state index in [1.807, 2.05) is 23.5 Å². The lowest BCUT2D eigenvalue weighted by atomic mass is 9.98. The summed E-state index contributed by atoms with van der Waals surface area (Å²) in [6, 6.07) is 56.6. The molecule has 0 aliphatic carbocycles. The molecular weight excluding hydrogens is 617 g/mol. The van der Waals surface area contributed by atoms with Gasteiger partial charge in [-0.15, -0.1) is 11.3 Å². The highest BCUT2D eigenvalue weighted by Crippen LogP contribution is 2.39. The molecule has 228 valence electrons. The average molecular weight is 643 g/mol. The van der Waals surface area contributed by atoms with Gasteiger partial charge in [0, 0.05) is 36.3 Å². The molecular formula is C44H26N4S. The Kier molecular flexibility index (Phi) is 5.51. The normalized spacial score (nSPS) is 12.1. The molecule has 0 amide bonds. The first-order chi connectivity index (χ1) is 24.3. The monoisotopic (exact) mass is 642 g/mol. The average Bonchev–Trinajstić information content (AvgIpc) is 3.84. The maximum atomic E-state index is 5.34. The summed E-state index contributed by atoms with van der Waals surface area (Å²) in [7, 11) is 0. The molecule has 0 aliphatic rings. The van der Waals surface area contributed by atoms with E-state index >= 15 is 0 Å². The van der Waals surface area contributed by atoms with Crippen molar-refractivity contribution in [2.24, 2.45) is 0 Å². The molecule has 7 aromatic carbocycles. The van der Waals surface area contributed by atoms with Crippen LogP contribution in [0.25, 0.3) is 97.8 Å². The largest absolute Gasteiger partial charge is 0.279 e. The molecule has 11 aromatic rings. The standard InChI is InChI=1S/C44H26N4S/c1-4-12-36-34(11-1)43-45-37-13-5-7-15-39(37)48(43)44(46-36)47-38-14-6-2-9-31(38)32-23-21-30(26-40(32)47)28-19-17-27(18-20-28)29-22-24-42-35(25-29)33-10-3-8-16-41(33)49-42/h1-26H. The Morgan fingerprint density at radius 1 is 0.388 bits per heavy atom. The molecule has 0 spiro atoms. The van der Waals surface area contributed by atoms with E-state index in [2.05, 4.69) is 155 Å². The fourth-order valence-corrected chi connectivity index (χ4v) is 8.69. The van der Waals surface area contributed by atoms with Crippen molar-refractivity contribution in [3.05, 3.63) is 158 Å². The van der Waals surface area contributed by atoms with Gasteiger partial charge >= 0.3 is 0 Å². The Bertz CT molecular complexity index is 3110. The number of rotatable bonds is 3. The van der Waals surface area contributed by atoms with Crippen LogP contribution in [-0.4, -0.2) is 18.9 Å². The summed E-state index contributed by atoms with van der Waals surface area (Å²) < 4.78 is 7.19. The molecule has 0 atom stereocenters. The minimum Gasteiger partial charge on any atom is -0.279 e. The van der Waals surface area contributed by atoms with E-state index in [0.29, 0.717) is 0 Å². The molecule has 0 unspecified atom stereocenters. The minimum absolute atomic E-state index is 0.831. The van der Waals surface area contributed by atoms with Crippen molar-refractivity contribution in [3.63, 3.8) is 0 Å². The van der Waals surface area contributed by atoms with E-state index in [4.69, 9.17) is 9.97 Å². The van der Waals surface area contributed by atoms with Crippen molar-refractivity contribution in [3.8, 4) is 28.2 Å². The molecule has 0 saturated heterocycles. The first-order valence-electron chi connectivity index (χ1n) is 16.5. The van der Waals surface area contributed by atoms with Gasteiger partial charge in [0.05, 0.1) is 27.6 Å². The van der Waals surface area contributed by atoms with Crippen LogP contribution in [-0.2, 0) is 0 Å². The molecule has 5 heteroatoms. The summed E-state index contributed by atoms with van der Waals surface area (Å²) in [5.41, 5.74) is 10.8. The molecule has 4 aromatic heterocycles. The number of fused-ring (bicyclic) bond motifs is 11. The molecule has 11 rings (SSSR count). The highest BCUT2D eigenvalue weighted by atomic mass is 32.1. The van der Waals surface area contributed by atoms with Crippen LogP contribution in [0, 0.1) is 0 Å². The van der Waals surface area contributed by atoms with Gasteiger partial charge in [-0.1, -0.05) is 103 Å². The van der Waals surface area contributed by atoms with Crippen molar-refractivity contribution in [2.45, 2.75) is 0 Å². The zero-order chi connectivity index (χ0) is 32.1. The zero-order valence-corrected chi connectivity index (χ0v) is 27.0. The van der Waals surface area contributed by atoms with Crippen molar-refractivity contribution in [1.29, 1.82) is 0 Å². The zero-order valence-electron chi connectivity index (χ0n) is 26.2. The Hall–Kier alpha value is -6.30. The van der Waals surface area contributed by atoms with Crippen LogP contribution in [0.2, 0.25) is 0 Å². The van der Waals surface area contributed by atoms with E-state index in [0.717, 1.165) is 50.1 Å². The molecule has 0 radical (unpaired) electrons. The third kappa shape index (κ3) is 3.91. The second-order valence-electron chi connectivity index (χ2n) is 12.7. The van der Waals surface area contributed by atoms with Crippen LogP contribution in [0.4, 0.5) is 0 Å². The number of hydrogen-bond acceptors (Lipinski definition) is 3. The molecule has 4 heterocycles. The van der Waals surface area contributed by atoms with Crippen LogP contribution in [0.15, 0.2) is 158 Å². The van der Waals surface area contributed by atoms with Crippen LogP contribution in [0.5, 0.6) is 0 Å². The summed E-state index contributed by atoms with van der Waals surface area (Å²) in [5.74, 6) is 0.831. The molecule has 4 nitrogen and oxygen atoms in total. The predicted molar refractivity (Wildman–Crippen MR) is 206 cm³/mol. The number of nitrogens with zero attached hydrogens (tertiary/aromatic N) is 4. The van der Waals surface area contributed by atoms with Crippen molar-refractivity contribution in [1.82, 2.24) is 18.9 Å². The third-order valence-electron chi connectivity index (χ3n) is 9.93. The minimum atomic E-state index is 0.831. The maximum Gasteiger partial charge on any atom is 0.221 e. The van der Waals surface area contributed by atoms with Crippen molar-refractivity contribution < 1.29 is 0 Å².